The van der Waals surface area contributed by atoms with Gasteiger partial charge in [-0.15, -0.1) is 0 Å². The van der Waals surface area contributed by atoms with Crippen molar-refractivity contribution in [3.63, 3.8) is 0 Å². The molecule has 0 unspecified atom stereocenters. The number of hydrogen-bond donors (Lipinski definition) is 1. The summed E-state index contributed by atoms with van der Waals surface area (Å²) in [6.45, 7) is 0.537. The second kappa shape index (κ2) is 7.31. The van der Waals surface area contributed by atoms with Gasteiger partial charge in [-0.05, 0) is 31.0 Å². The molecule has 6 nitrogen and oxygen atoms in total. The number of rotatable bonds is 6. The Hall–Kier alpha value is -3.02. The van der Waals surface area contributed by atoms with Crippen LogP contribution in [0.15, 0.2) is 57.7 Å². The predicted molar refractivity (Wildman–Crippen MR) is 99.7 cm³/mol. The smallest absolute Gasteiger partial charge is 0.273 e. The molecule has 0 spiro atoms. The van der Waals surface area contributed by atoms with Crippen LogP contribution in [-0.4, -0.2) is 24.7 Å². The van der Waals surface area contributed by atoms with Crippen LogP contribution in [-0.2, 0) is 5.41 Å². The fourth-order valence-electron chi connectivity index (χ4n) is 3.93. The number of nitrogens with zero attached hydrogens (tertiary/aromatic N) is 1. The number of para-hydroxylation sites is 1. The topological polar surface area (TPSA) is 77.5 Å². The third-order valence-corrected chi connectivity index (χ3v) is 5.33. The van der Waals surface area contributed by atoms with E-state index in [1.807, 2.05) is 18.2 Å². The number of methoxy groups -OCH3 is 1. The van der Waals surface area contributed by atoms with Crippen molar-refractivity contribution in [1.82, 2.24) is 10.5 Å². The molecule has 0 saturated heterocycles. The van der Waals surface area contributed by atoms with E-state index in [0.717, 1.165) is 37.0 Å². The highest BCUT2D eigenvalue weighted by atomic mass is 16.5. The monoisotopic (exact) mass is 366 g/mol. The lowest BCUT2D eigenvalue weighted by Crippen LogP contribution is -2.39. The zero-order valence-electron chi connectivity index (χ0n) is 15.2. The molecule has 4 rings (SSSR count). The first-order chi connectivity index (χ1) is 13.2. The molecule has 1 aliphatic carbocycles. The number of nitrogens with one attached hydrogen (secondary N) is 1. The fraction of sp³-hybridized carbons (Fsp3) is 0.333. The van der Waals surface area contributed by atoms with E-state index in [1.54, 1.807) is 31.6 Å². The highest BCUT2D eigenvalue weighted by Gasteiger charge is 2.38. The van der Waals surface area contributed by atoms with Crippen molar-refractivity contribution < 1.29 is 18.5 Å². The number of hydrogen-bond acceptors (Lipinski definition) is 5. The molecule has 1 aromatic carbocycles. The molecule has 2 heterocycles. The summed E-state index contributed by atoms with van der Waals surface area (Å²) in [7, 11) is 1.69. The molecule has 0 bridgehead atoms. The second-order valence-corrected chi connectivity index (χ2v) is 6.92. The predicted octanol–water partition coefficient (Wildman–Crippen LogP) is 4.19. The summed E-state index contributed by atoms with van der Waals surface area (Å²) in [5, 5.41) is 6.92. The van der Waals surface area contributed by atoms with E-state index in [9.17, 15) is 4.79 Å². The van der Waals surface area contributed by atoms with Crippen LogP contribution in [0.5, 0.6) is 5.75 Å². The van der Waals surface area contributed by atoms with Gasteiger partial charge in [-0.2, -0.15) is 0 Å². The minimum Gasteiger partial charge on any atom is -0.496 e. The molecule has 0 atom stereocenters. The van der Waals surface area contributed by atoms with Gasteiger partial charge in [0.1, 0.15) is 5.75 Å². The molecule has 1 N–H and O–H groups in total. The van der Waals surface area contributed by atoms with Crippen molar-refractivity contribution in [2.75, 3.05) is 13.7 Å². The first-order valence-electron chi connectivity index (χ1n) is 9.14. The summed E-state index contributed by atoms with van der Waals surface area (Å²) in [6, 6.07) is 13.2. The molecule has 0 aliphatic heterocycles. The lowest BCUT2D eigenvalue weighted by Gasteiger charge is -2.31. The van der Waals surface area contributed by atoms with Crippen molar-refractivity contribution >= 4 is 5.91 Å². The molecule has 6 heteroatoms. The van der Waals surface area contributed by atoms with Crippen LogP contribution in [0.1, 0.15) is 41.7 Å². The van der Waals surface area contributed by atoms with Gasteiger partial charge < -0.3 is 19.0 Å². The van der Waals surface area contributed by atoms with Crippen molar-refractivity contribution in [2.45, 2.75) is 31.1 Å². The summed E-state index contributed by atoms with van der Waals surface area (Å²) in [5.41, 5.74) is 1.28. The molecular formula is C21H22N2O4. The Morgan fingerprint density at radius 2 is 2.00 bits per heavy atom. The lowest BCUT2D eigenvalue weighted by molar-refractivity contribution is 0.0933. The Kier molecular flexibility index (Phi) is 4.71. The van der Waals surface area contributed by atoms with Crippen molar-refractivity contribution in [3.05, 3.63) is 60.0 Å². The molecule has 27 heavy (non-hydrogen) atoms. The summed E-state index contributed by atoms with van der Waals surface area (Å²) in [4.78, 5) is 12.6. The maximum atomic E-state index is 12.6. The second-order valence-electron chi connectivity index (χ2n) is 6.92. The van der Waals surface area contributed by atoms with Crippen molar-refractivity contribution in [2.24, 2.45) is 0 Å². The van der Waals surface area contributed by atoms with Crippen LogP contribution in [0, 0.1) is 0 Å². The van der Waals surface area contributed by atoms with Gasteiger partial charge in [0.25, 0.3) is 5.91 Å². The highest BCUT2D eigenvalue weighted by Crippen LogP contribution is 2.44. The minimum absolute atomic E-state index is 0.115. The van der Waals surface area contributed by atoms with E-state index in [0.29, 0.717) is 18.1 Å². The number of furan rings is 1. The van der Waals surface area contributed by atoms with Crippen LogP contribution < -0.4 is 10.1 Å². The fourth-order valence-corrected chi connectivity index (χ4v) is 3.93. The lowest BCUT2D eigenvalue weighted by atomic mass is 9.78. The summed E-state index contributed by atoms with van der Waals surface area (Å²) < 4.78 is 16.1. The number of carbonyl (C=O) groups is 1. The van der Waals surface area contributed by atoms with Crippen molar-refractivity contribution in [1.29, 1.82) is 0 Å². The van der Waals surface area contributed by atoms with Crippen LogP contribution >= 0.6 is 0 Å². The van der Waals surface area contributed by atoms with E-state index in [1.165, 1.54) is 0 Å². The zero-order chi connectivity index (χ0) is 18.7. The van der Waals surface area contributed by atoms with Crippen molar-refractivity contribution in [3.8, 4) is 17.3 Å². The Balaban J connectivity index is 1.51. The number of carbonyl (C=O) groups excluding carboxylic acids is 1. The molecular weight excluding hydrogens is 344 g/mol. The van der Waals surface area contributed by atoms with E-state index in [4.69, 9.17) is 13.7 Å². The molecule has 2 aromatic heterocycles. The molecule has 1 saturated carbocycles. The van der Waals surface area contributed by atoms with E-state index in [2.05, 4.69) is 16.5 Å². The Labute approximate surface area is 157 Å². The molecule has 1 amide bonds. The number of aromatic nitrogens is 1. The van der Waals surface area contributed by atoms with Gasteiger partial charge in [0, 0.05) is 23.6 Å². The molecule has 0 radical (unpaired) electrons. The largest absolute Gasteiger partial charge is 0.496 e. The summed E-state index contributed by atoms with van der Waals surface area (Å²) in [5.74, 6) is 1.60. The SMILES string of the molecule is COc1ccccc1C1(CNC(=O)c2cc(-c3ccco3)on2)CCCC1. The average molecular weight is 366 g/mol. The third-order valence-electron chi connectivity index (χ3n) is 5.33. The molecule has 140 valence electrons. The normalized spacial score (nSPS) is 15.6. The Bertz CT molecular complexity index is 908. The van der Waals surface area contributed by atoms with Gasteiger partial charge in [-0.3, -0.25) is 4.79 Å². The summed E-state index contributed by atoms with van der Waals surface area (Å²) in [6.07, 6.45) is 5.87. The van der Waals surface area contributed by atoms with E-state index >= 15 is 0 Å². The first kappa shape index (κ1) is 17.4. The van der Waals surface area contributed by atoms with Gasteiger partial charge in [0.2, 0.25) is 5.76 Å². The number of amides is 1. The van der Waals surface area contributed by atoms with Gasteiger partial charge in [-0.1, -0.05) is 36.2 Å². The third kappa shape index (κ3) is 3.35. The van der Waals surface area contributed by atoms with Gasteiger partial charge in [0.05, 0.1) is 13.4 Å². The van der Waals surface area contributed by atoms with Crippen LogP contribution in [0.4, 0.5) is 0 Å². The van der Waals surface area contributed by atoms with Crippen LogP contribution in [0.25, 0.3) is 11.5 Å². The number of ether oxygens (including phenoxy) is 1. The maximum absolute atomic E-state index is 12.6. The zero-order valence-corrected chi connectivity index (χ0v) is 15.2. The average Bonchev–Trinajstić information content (AvgIpc) is 3.47. The minimum atomic E-state index is -0.252. The maximum Gasteiger partial charge on any atom is 0.273 e. The quantitative estimate of drug-likeness (QED) is 0.708. The van der Waals surface area contributed by atoms with E-state index in [-0.39, 0.29) is 17.0 Å². The van der Waals surface area contributed by atoms with Gasteiger partial charge in [-0.25, -0.2) is 0 Å². The van der Waals surface area contributed by atoms with Crippen LogP contribution in [0.2, 0.25) is 0 Å². The molecule has 1 aliphatic rings. The van der Waals surface area contributed by atoms with Gasteiger partial charge >= 0.3 is 0 Å². The van der Waals surface area contributed by atoms with Crippen LogP contribution in [0.3, 0.4) is 0 Å². The molecule has 3 aromatic rings. The van der Waals surface area contributed by atoms with E-state index < -0.39 is 0 Å². The highest BCUT2D eigenvalue weighted by molar-refractivity contribution is 5.93. The first-order valence-corrected chi connectivity index (χ1v) is 9.14. The number of benzene rings is 1. The summed E-state index contributed by atoms with van der Waals surface area (Å²) >= 11 is 0. The Morgan fingerprint density at radius 3 is 2.74 bits per heavy atom. The molecule has 1 fully saturated rings. The Morgan fingerprint density at radius 1 is 1.19 bits per heavy atom. The van der Waals surface area contributed by atoms with Gasteiger partial charge in [0.15, 0.2) is 11.5 Å². The standard InChI is InChI=1S/C21H22N2O4/c1-25-17-8-3-2-7-15(17)21(10-4-5-11-21)14-22-20(24)16-13-19(27-23-16)18-9-6-12-26-18/h2-3,6-9,12-13H,4-5,10-11,14H2,1H3,(H,22,24).